The molecule has 0 bridgehead atoms. The second-order valence-corrected chi connectivity index (χ2v) is 5.04. The molecule has 0 aromatic heterocycles. The molecule has 7 nitrogen and oxygen atoms in total. The summed E-state index contributed by atoms with van der Waals surface area (Å²) in [6.45, 7) is -0.324. The van der Waals surface area contributed by atoms with Crippen molar-refractivity contribution in [2.75, 3.05) is 32.1 Å². The molecule has 0 radical (unpaired) electrons. The lowest BCUT2D eigenvalue weighted by molar-refractivity contribution is -0.144. The largest absolute Gasteiger partial charge is 0.480 e. The van der Waals surface area contributed by atoms with Gasteiger partial charge in [-0.25, -0.2) is 4.79 Å². The number of piperazine rings is 1. The number of rotatable bonds is 3. The van der Waals surface area contributed by atoms with E-state index in [0.29, 0.717) is 5.56 Å². The Labute approximate surface area is 122 Å². The van der Waals surface area contributed by atoms with E-state index in [4.69, 9.17) is 0 Å². The molecule has 2 rings (SSSR count). The van der Waals surface area contributed by atoms with E-state index in [1.165, 1.54) is 0 Å². The van der Waals surface area contributed by atoms with Gasteiger partial charge in [-0.05, 0) is 18.2 Å². The third-order valence-electron chi connectivity index (χ3n) is 3.34. The minimum absolute atomic E-state index is 0.0761. The lowest BCUT2D eigenvalue weighted by Crippen LogP contribution is -2.59. The van der Waals surface area contributed by atoms with E-state index in [9.17, 15) is 19.5 Å². The number of amides is 2. The van der Waals surface area contributed by atoms with E-state index >= 15 is 0 Å². The van der Waals surface area contributed by atoms with Crippen LogP contribution in [0.15, 0.2) is 24.3 Å². The summed E-state index contributed by atoms with van der Waals surface area (Å²) in [7, 11) is 3.69. The lowest BCUT2D eigenvalue weighted by atomic mass is 10.1. The molecule has 1 heterocycles. The summed E-state index contributed by atoms with van der Waals surface area (Å²) in [5.41, 5.74) is 1.19. The minimum atomic E-state index is -1.13. The fraction of sp³-hybridized carbons (Fsp3) is 0.357. The minimum Gasteiger partial charge on any atom is -0.480 e. The maximum atomic E-state index is 12.5. The Morgan fingerprint density at radius 2 is 2.10 bits per heavy atom. The molecule has 1 unspecified atom stereocenters. The molecular weight excluding hydrogens is 274 g/mol. The zero-order valence-electron chi connectivity index (χ0n) is 11.9. The van der Waals surface area contributed by atoms with E-state index < -0.39 is 17.9 Å². The van der Waals surface area contributed by atoms with Gasteiger partial charge < -0.3 is 20.2 Å². The molecule has 1 fully saturated rings. The van der Waals surface area contributed by atoms with Gasteiger partial charge in [0, 0.05) is 31.9 Å². The average molecular weight is 291 g/mol. The Bertz CT molecular complexity index is 585. The molecule has 1 aliphatic heterocycles. The van der Waals surface area contributed by atoms with Crippen LogP contribution in [-0.2, 0) is 9.59 Å². The molecule has 1 aromatic carbocycles. The summed E-state index contributed by atoms with van der Waals surface area (Å²) in [5.74, 6) is -1.95. The molecule has 1 saturated heterocycles. The number of aliphatic carboxylic acids is 1. The lowest BCUT2D eigenvalue weighted by Gasteiger charge is -2.32. The zero-order valence-corrected chi connectivity index (χ0v) is 11.9. The summed E-state index contributed by atoms with van der Waals surface area (Å²) in [6.07, 6.45) is 0. The van der Waals surface area contributed by atoms with Gasteiger partial charge in [0.1, 0.15) is 12.6 Å². The first-order valence-electron chi connectivity index (χ1n) is 6.48. The molecule has 1 aliphatic rings. The molecule has 1 aromatic rings. The number of nitrogens with one attached hydrogen (secondary N) is 1. The summed E-state index contributed by atoms with van der Waals surface area (Å²) in [4.78, 5) is 38.1. The van der Waals surface area contributed by atoms with E-state index in [2.05, 4.69) is 5.32 Å². The van der Waals surface area contributed by atoms with Gasteiger partial charge in [0.25, 0.3) is 5.91 Å². The highest BCUT2D eigenvalue weighted by molar-refractivity contribution is 6.00. The number of benzene rings is 1. The molecular formula is C14H17N3O4. The Balaban J connectivity index is 2.30. The van der Waals surface area contributed by atoms with Crippen molar-refractivity contribution >= 4 is 23.5 Å². The number of anilines is 1. The summed E-state index contributed by atoms with van der Waals surface area (Å²) in [6, 6.07) is 5.81. The van der Waals surface area contributed by atoms with Gasteiger partial charge in [0.05, 0.1) is 0 Å². The van der Waals surface area contributed by atoms with Crippen LogP contribution in [0, 0.1) is 0 Å². The van der Waals surface area contributed by atoms with Crippen LogP contribution in [0.25, 0.3) is 0 Å². The molecule has 0 saturated carbocycles. The predicted octanol–water partition coefficient (Wildman–Crippen LogP) is -0.222. The number of carboxylic acid groups (broad SMARTS) is 1. The van der Waals surface area contributed by atoms with Crippen molar-refractivity contribution < 1.29 is 19.5 Å². The van der Waals surface area contributed by atoms with Gasteiger partial charge in [-0.3, -0.25) is 9.59 Å². The van der Waals surface area contributed by atoms with Crippen LogP contribution < -0.4 is 10.2 Å². The van der Waals surface area contributed by atoms with Gasteiger partial charge in [-0.2, -0.15) is 0 Å². The predicted molar refractivity (Wildman–Crippen MR) is 76.2 cm³/mol. The van der Waals surface area contributed by atoms with Crippen LogP contribution >= 0.6 is 0 Å². The highest BCUT2D eigenvalue weighted by Gasteiger charge is 2.35. The summed E-state index contributed by atoms with van der Waals surface area (Å²) >= 11 is 0. The number of carbonyl (C=O) groups excluding carboxylic acids is 2. The molecule has 1 atom stereocenters. The van der Waals surface area contributed by atoms with E-state index in [-0.39, 0.29) is 19.0 Å². The third kappa shape index (κ3) is 3.13. The third-order valence-corrected chi connectivity index (χ3v) is 3.34. The zero-order chi connectivity index (χ0) is 15.6. The maximum Gasteiger partial charge on any atom is 0.328 e. The van der Waals surface area contributed by atoms with Crippen LogP contribution in [0.2, 0.25) is 0 Å². The Hall–Kier alpha value is -2.57. The first-order valence-corrected chi connectivity index (χ1v) is 6.48. The second kappa shape index (κ2) is 5.82. The van der Waals surface area contributed by atoms with Crippen LogP contribution in [0.4, 0.5) is 5.69 Å². The number of hydrogen-bond donors (Lipinski definition) is 2. The van der Waals surface area contributed by atoms with Crippen LogP contribution in [0.3, 0.4) is 0 Å². The average Bonchev–Trinajstić information content (AvgIpc) is 2.46. The van der Waals surface area contributed by atoms with Gasteiger partial charge in [0.2, 0.25) is 5.91 Å². The number of carboxylic acids is 1. The van der Waals surface area contributed by atoms with Crippen molar-refractivity contribution in [2.45, 2.75) is 6.04 Å². The number of hydrogen-bond acceptors (Lipinski definition) is 4. The number of carbonyl (C=O) groups is 3. The fourth-order valence-corrected chi connectivity index (χ4v) is 2.16. The van der Waals surface area contributed by atoms with Crippen molar-refractivity contribution in [2.24, 2.45) is 0 Å². The van der Waals surface area contributed by atoms with Crippen molar-refractivity contribution in [1.82, 2.24) is 10.2 Å². The van der Waals surface area contributed by atoms with Crippen LogP contribution in [-0.4, -0.2) is 61.0 Å². The standard InChI is InChI=1S/C14H17N3O4/c1-16(2)10-5-3-4-9(6-10)13(19)17-8-12(18)15-7-11(17)14(20)21/h3-6,11H,7-8H2,1-2H3,(H,15,18)(H,20,21). The molecule has 7 heteroatoms. The quantitative estimate of drug-likeness (QED) is 0.803. The SMILES string of the molecule is CN(C)c1cccc(C(=O)N2CC(=O)NCC2C(=O)O)c1. The normalized spacial score (nSPS) is 18.1. The molecule has 0 aliphatic carbocycles. The molecule has 2 amide bonds. The van der Waals surface area contributed by atoms with Crippen molar-refractivity contribution in [3.8, 4) is 0 Å². The number of nitrogens with zero attached hydrogens (tertiary/aromatic N) is 2. The maximum absolute atomic E-state index is 12.5. The summed E-state index contributed by atoms with van der Waals surface area (Å²) < 4.78 is 0. The van der Waals surface area contributed by atoms with Gasteiger partial charge in [-0.1, -0.05) is 6.07 Å². The van der Waals surface area contributed by atoms with Crippen molar-refractivity contribution in [1.29, 1.82) is 0 Å². The van der Waals surface area contributed by atoms with Crippen molar-refractivity contribution in [3.63, 3.8) is 0 Å². The van der Waals surface area contributed by atoms with Crippen LogP contribution in [0.1, 0.15) is 10.4 Å². The fourth-order valence-electron chi connectivity index (χ4n) is 2.16. The van der Waals surface area contributed by atoms with Crippen LogP contribution in [0.5, 0.6) is 0 Å². The smallest absolute Gasteiger partial charge is 0.328 e. The van der Waals surface area contributed by atoms with Gasteiger partial charge in [-0.15, -0.1) is 0 Å². The highest BCUT2D eigenvalue weighted by Crippen LogP contribution is 2.17. The molecule has 21 heavy (non-hydrogen) atoms. The topological polar surface area (TPSA) is 90.0 Å². The van der Waals surface area contributed by atoms with E-state index in [1.54, 1.807) is 18.2 Å². The Morgan fingerprint density at radius 3 is 2.71 bits per heavy atom. The van der Waals surface area contributed by atoms with E-state index in [1.807, 2.05) is 25.1 Å². The monoisotopic (exact) mass is 291 g/mol. The molecule has 2 N–H and O–H groups in total. The highest BCUT2D eigenvalue weighted by atomic mass is 16.4. The van der Waals surface area contributed by atoms with Gasteiger partial charge in [0.15, 0.2) is 0 Å². The molecule has 112 valence electrons. The van der Waals surface area contributed by atoms with Gasteiger partial charge >= 0.3 is 5.97 Å². The second-order valence-electron chi connectivity index (χ2n) is 5.04. The Morgan fingerprint density at radius 1 is 1.38 bits per heavy atom. The Kier molecular flexibility index (Phi) is 4.11. The summed E-state index contributed by atoms with van der Waals surface area (Å²) in [5, 5.41) is 11.6. The van der Waals surface area contributed by atoms with E-state index in [0.717, 1.165) is 10.6 Å². The first kappa shape index (κ1) is 14.8. The first-order chi connectivity index (χ1) is 9.90. The molecule has 0 spiro atoms. The van der Waals surface area contributed by atoms with Crippen molar-refractivity contribution in [3.05, 3.63) is 29.8 Å².